The topological polar surface area (TPSA) is 123 Å². The second-order valence-electron chi connectivity index (χ2n) is 7.21. The lowest BCUT2D eigenvalue weighted by Gasteiger charge is -2.15. The molecule has 0 aliphatic carbocycles. The molecule has 2 aromatic carbocycles. The number of hydrogen-bond donors (Lipinski definition) is 1. The largest absolute Gasteiger partial charge is 0.493 e. The van der Waals surface area contributed by atoms with Crippen LogP contribution in [0.1, 0.15) is 28.4 Å². The molecule has 0 saturated heterocycles. The van der Waals surface area contributed by atoms with Gasteiger partial charge in [-0.2, -0.15) is 5.10 Å². The number of ketones is 1. The molecule has 0 amide bonds. The molecule has 31 heavy (non-hydrogen) atoms. The van der Waals surface area contributed by atoms with E-state index in [9.17, 15) is 26.7 Å². The number of nitrogens with zero attached hydrogens (tertiary/aromatic N) is 2. The van der Waals surface area contributed by atoms with E-state index in [1.54, 1.807) is 13.8 Å². The van der Waals surface area contributed by atoms with E-state index in [-0.39, 0.29) is 26.8 Å². The number of hydrogen-bond acceptors (Lipinski definition) is 7. The molecule has 0 spiro atoms. The summed E-state index contributed by atoms with van der Waals surface area (Å²) in [6, 6.07) is 8.55. The van der Waals surface area contributed by atoms with Crippen molar-refractivity contribution in [3.63, 3.8) is 0 Å². The van der Waals surface area contributed by atoms with Gasteiger partial charge in [-0.3, -0.25) is 4.79 Å². The molecule has 0 saturated carbocycles. The van der Waals surface area contributed by atoms with E-state index in [1.165, 1.54) is 47.3 Å². The molecular weight excluding hydrogens is 440 g/mol. The Morgan fingerprint density at radius 3 is 2.06 bits per heavy atom. The van der Waals surface area contributed by atoms with Crippen molar-refractivity contribution in [2.24, 2.45) is 0 Å². The van der Waals surface area contributed by atoms with Crippen molar-refractivity contribution in [2.75, 3.05) is 12.5 Å². The van der Waals surface area contributed by atoms with Gasteiger partial charge in [0, 0.05) is 30.2 Å². The summed E-state index contributed by atoms with van der Waals surface area (Å²) < 4.78 is 49.6. The van der Waals surface area contributed by atoms with Gasteiger partial charge in [0.15, 0.2) is 25.5 Å². The lowest BCUT2D eigenvalue weighted by molar-refractivity contribution is 0.103. The third kappa shape index (κ3) is 4.26. The fourth-order valence-electron chi connectivity index (χ4n) is 3.38. The van der Waals surface area contributed by atoms with Crippen LogP contribution in [-0.2, 0) is 26.2 Å². The maximum atomic E-state index is 13.1. The van der Waals surface area contributed by atoms with Crippen LogP contribution in [-0.4, -0.2) is 50.0 Å². The van der Waals surface area contributed by atoms with Crippen LogP contribution >= 0.6 is 0 Å². The highest BCUT2D eigenvalue weighted by molar-refractivity contribution is 7.91. The number of sulfone groups is 2. The highest BCUT2D eigenvalue weighted by Crippen LogP contribution is 2.35. The third-order valence-electron chi connectivity index (χ3n) is 5.00. The van der Waals surface area contributed by atoms with Crippen LogP contribution in [0.2, 0.25) is 0 Å². The summed E-state index contributed by atoms with van der Waals surface area (Å²) in [6.45, 7) is 3.76. The monoisotopic (exact) mass is 462 g/mol. The Morgan fingerprint density at radius 1 is 0.968 bits per heavy atom. The van der Waals surface area contributed by atoms with Crippen LogP contribution in [0.3, 0.4) is 0 Å². The Labute approximate surface area is 181 Å². The van der Waals surface area contributed by atoms with E-state index in [0.717, 1.165) is 12.5 Å². The second kappa shape index (κ2) is 7.93. The van der Waals surface area contributed by atoms with Gasteiger partial charge < -0.3 is 5.11 Å². The average Bonchev–Trinajstić information content (AvgIpc) is 3.06. The molecule has 0 bridgehead atoms. The van der Waals surface area contributed by atoms with Gasteiger partial charge in [-0.25, -0.2) is 21.5 Å². The highest BCUT2D eigenvalue weighted by Gasteiger charge is 2.25. The fraction of sp³-hybridized carbons (Fsp3) is 0.238. The van der Waals surface area contributed by atoms with Gasteiger partial charge in [-0.05, 0) is 49.2 Å². The minimum Gasteiger partial charge on any atom is -0.493 e. The van der Waals surface area contributed by atoms with Crippen molar-refractivity contribution >= 4 is 25.5 Å². The lowest BCUT2D eigenvalue weighted by atomic mass is 9.93. The first-order valence-electron chi connectivity index (χ1n) is 9.30. The Balaban J connectivity index is 2.24. The molecule has 164 valence electrons. The van der Waals surface area contributed by atoms with Gasteiger partial charge in [0.25, 0.3) is 0 Å². The van der Waals surface area contributed by atoms with Crippen LogP contribution < -0.4 is 0 Å². The van der Waals surface area contributed by atoms with Gasteiger partial charge in [0.1, 0.15) is 5.56 Å². The molecule has 8 nitrogen and oxygen atoms in total. The van der Waals surface area contributed by atoms with Gasteiger partial charge >= 0.3 is 0 Å². The predicted molar refractivity (Wildman–Crippen MR) is 116 cm³/mol. The van der Waals surface area contributed by atoms with Crippen LogP contribution in [0, 0.1) is 6.92 Å². The van der Waals surface area contributed by atoms with E-state index in [4.69, 9.17) is 0 Å². The van der Waals surface area contributed by atoms with E-state index in [2.05, 4.69) is 5.10 Å². The summed E-state index contributed by atoms with van der Waals surface area (Å²) in [5.74, 6) is -0.762. The quantitative estimate of drug-likeness (QED) is 0.559. The number of rotatable bonds is 6. The SMILES string of the molecule is CCn1ncc(C(=O)c2ccc(S(C)(=O)=O)c(-c3ccc(S(C)(=O)=O)cc3)c2C)c1O. The standard InChI is InChI=1S/C21H22N2O6S2/c1-5-23-21(25)17(12-22-23)20(24)16-10-11-18(31(4,28)29)19(13(16)2)14-6-8-15(9-7-14)30(3,26)27/h6-12,25H,5H2,1-4H3. The Bertz CT molecular complexity index is 1390. The molecule has 1 N–H and O–H groups in total. The summed E-state index contributed by atoms with van der Waals surface area (Å²) >= 11 is 0. The second-order valence-corrected chi connectivity index (χ2v) is 11.2. The molecule has 10 heteroatoms. The van der Waals surface area contributed by atoms with Crippen LogP contribution in [0.15, 0.2) is 52.4 Å². The van der Waals surface area contributed by atoms with Crippen molar-refractivity contribution in [1.82, 2.24) is 9.78 Å². The van der Waals surface area contributed by atoms with Crippen molar-refractivity contribution in [2.45, 2.75) is 30.2 Å². The number of benzene rings is 2. The fourth-order valence-corrected chi connectivity index (χ4v) is 4.97. The summed E-state index contributed by atoms with van der Waals surface area (Å²) in [6.07, 6.45) is 3.41. The molecule has 0 radical (unpaired) electrons. The molecule has 0 aliphatic rings. The molecule has 0 atom stereocenters. The van der Waals surface area contributed by atoms with Crippen molar-refractivity contribution in [3.8, 4) is 17.0 Å². The van der Waals surface area contributed by atoms with E-state index < -0.39 is 25.5 Å². The zero-order valence-corrected chi connectivity index (χ0v) is 19.1. The smallest absolute Gasteiger partial charge is 0.220 e. The minimum atomic E-state index is -3.65. The van der Waals surface area contributed by atoms with Crippen LogP contribution in [0.5, 0.6) is 5.88 Å². The van der Waals surface area contributed by atoms with Gasteiger partial charge in [0.2, 0.25) is 5.88 Å². The van der Waals surface area contributed by atoms with Crippen molar-refractivity contribution in [1.29, 1.82) is 0 Å². The number of carbonyl (C=O) groups is 1. The predicted octanol–water partition coefficient (Wildman–Crippen LogP) is 2.62. The normalized spacial score (nSPS) is 12.1. The molecule has 0 unspecified atom stereocenters. The first-order chi connectivity index (χ1) is 14.4. The third-order valence-corrected chi connectivity index (χ3v) is 7.27. The average molecular weight is 463 g/mol. The number of carbonyl (C=O) groups excluding carboxylic acids is 1. The molecule has 3 aromatic rings. The Kier molecular flexibility index (Phi) is 5.81. The molecule has 3 rings (SSSR count). The first-order valence-corrected chi connectivity index (χ1v) is 13.1. The number of aryl methyl sites for hydroxylation is 1. The van der Waals surface area contributed by atoms with Crippen LogP contribution in [0.25, 0.3) is 11.1 Å². The van der Waals surface area contributed by atoms with Gasteiger partial charge in [-0.1, -0.05) is 12.1 Å². The van der Waals surface area contributed by atoms with E-state index in [1.807, 2.05) is 0 Å². The minimum absolute atomic E-state index is 0.00966. The zero-order chi connectivity index (χ0) is 23.1. The maximum absolute atomic E-state index is 13.1. The molecule has 0 fully saturated rings. The molecule has 0 aliphatic heterocycles. The molecular formula is C21H22N2O6S2. The summed E-state index contributed by atoms with van der Waals surface area (Å²) in [7, 11) is -7.08. The number of aromatic nitrogens is 2. The Hall–Kier alpha value is -2.98. The van der Waals surface area contributed by atoms with Crippen LogP contribution in [0.4, 0.5) is 0 Å². The highest BCUT2D eigenvalue weighted by atomic mass is 32.2. The zero-order valence-electron chi connectivity index (χ0n) is 17.4. The lowest BCUT2D eigenvalue weighted by Crippen LogP contribution is -2.09. The van der Waals surface area contributed by atoms with E-state index >= 15 is 0 Å². The maximum Gasteiger partial charge on any atom is 0.220 e. The number of aromatic hydroxyl groups is 1. The first kappa shape index (κ1) is 22.7. The Morgan fingerprint density at radius 2 is 1.58 bits per heavy atom. The van der Waals surface area contributed by atoms with Crippen molar-refractivity contribution in [3.05, 3.63) is 59.3 Å². The molecule has 1 heterocycles. The van der Waals surface area contributed by atoms with Gasteiger partial charge in [-0.15, -0.1) is 0 Å². The summed E-state index contributed by atoms with van der Waals surface area (Å²) in [5.41, 5.74) is 1.36. The summed E-state index contributed by atoms with van der Waals surface area (Å²) in [5, 5.41) is 14.2. The van der Waals surface area contributed by atoms with E-state index in [0.29, 0.717) is 23.2 Å². The van der Waals surface area contributed by atoms with Crippen molar-refractivity contribution < 1.29 is 26.7 Å². The molecule has 1 aromatic heterocycles. The summed E-state index contributed by atoms with van der Waals surface area (Å²) in [4.78, 5) is 13.2. The van der Waals surface area contributed by atoms with Gasteiger partial charge in [0.05, 0.1) is 16.0 Å².